The van der Waals surface area contributed by atoms with Crippen molar-refractivity contribution in [2.75, 3.05) is 0 Å². The Balaban J connectivity index is 1.76. The fourth-order valence-electron chi connectivity index (χ4n) is 2.07. The Kier molecular flexibility index (Phi) is 4.15. The van der Waals surface area contributed by atoms with Crippen molar-refractivity contribution in [3.63, 3.8) is 0 Å². The molecule has 0 atom stereocenters. The van der Waals surface area contributed by atoms with Crippen LogP contribution in [-0.2, 0) is 6.42 Å². The Morgan fingerprint density at radius 1 is 1.27 bits per heavy atom. The molecule has 2 nitrogen and oxygen atoms in total. The molecule has 114 valence electrons. The monoisotopic (exact) mass is 340 g/mol. The molecule has 0 amide bonds. The van der Waals surface area contributed by atoms with E-state index in [0.717, 1.165) is 27.6 Å². The van der Waals surface area contributed by atoms with Crippen LogP contribution in [0.1, 0.15) is 35.0 Å². The van der Waals surface area contributed by atoms with Gasteiger partial charge in [-0.2, -0.15) is 18.4 Å². The van der Waals surface area contributed by atoms with Crippen molar-refractivity contribution in [3.05, 3.63) is 40.5 Å². The molecule has 0 radical (unpaired) electrons. The van der Waals surface area contributed by atoms with E-state index in [1.165, 1.54) is 35.2 Å². The molecule has 0 N–H and O–H groups in total. The largest absolute Gasteiger partial charge is 0.393 e. The van der Waals surface area contributed by atoms with Crippen LogP contribution in [0, 0.1) is 11.3 Å². The summed E-state index contributed by atoms with van der Waals surface area (Å²) < 4.78 is 38.0. The molecule has 2 aromatic rings. The highest BCUT2D eigenvalue weighted by molar-refractivity contribution is 8.01. The van der Waals surface area contributed by atoms with Crippen molar-refractivity contribution in [1.29, 1.82) is 5.26 Å². The first-order chi connectivity index (χ1) is 10.4. The van der Waals surface area contributed by atoms with Gasteiger partial charge in [-0.25, -0.2) is 4.98 Å². The first-order valence-corrected chi connectivity index (χ1v) is 8.32. The van der Waals surface area contributed by atoms with Crippen molar-refractivity contribution in [1.82, 2.24) is 4.98 Å². The lowest BCUT2D eigenvalue weighted by atomic mass is 10.1. The summed E-state index contributed by atoms with van der Waals surface area (Å²) in [6, 6.07) is 8.44. The average molecular weight is 340 g/mol. The summed E-state index contributed by atoms with van der Waals surface area (Å²) in [4.78, 5) is 5.20. The van der Waals surface area contributed by atoms with Gasteiger partial charge in [0.15, 0.2) is 5.01 Å². The maximum Gasteiger partial charge on any atom is 0.393 e. The highest BCUT2D eigenvalue weighted by atomic mass is 32.2. The molecule has 1 aliphatic rings. The van der Waals surface area contributed by atoms with E-state index in [-0.39, 0.29) is 5.56 Å². The predicted molar refractivity (Wildman–Crippen MR) is 79.1 cm³/mol. The number of aromatic nitrogens is 1. The Hall–Kier alpha value is -1.52. The van der Waals surface area contributed by atoms with Gasteiger partial charge in [-0.1, -0.05) is 35.2 Å². The number of hydrogen-bond donors (Lipinski definition) is 0. The third-order valence-electron chi connectivity index (χ3n) is 3.22. The molecule has 0 aliphatic heterocycles. The van der Waals surface area contributed by atoms with Crippen molar-refractivity contribution in [2.24, 2.45) is 0 Å². The number of alkyl halides is 3. The number of nitrogens with zero attached hydrogens (tertiary/aromatic N) is 2. The summed E-state index contributed by atoms with van der Waals surface area (Å²) in [6.45, 7) is 0. The fourth-order valence-corrected chi connectivity index (χ4v) is 4.24. The molecule has 0 unspecified atom stereocenters. The number of hydrogen-bond acceptors (Lipinski definition) is 4. The molecule has 1 aromatic heterocycles. The summed E-state index contributed by atoms with van der Waals surface area (Å²) in [6.07, 6.45) is -2.92. The van der Waals surface area contributed by atoms with Crippen LogP contribution in [0.3, 0.4) is 0 Å². The number of rotatable bonds is 4. The van der Waals surface area contributed by atoms with E-state index in [4.69, 9.17) is 5.26 Å². The van der Waals surface area contributed by atoms with Crippen molar-refractivity contribution >= 4 is 23.1 Å². The molecule has 1 fully saturated rings. The minimum Gasteiger partial charge on any atom is -0.229 e. The van der Waals surface area contributed by atoms with Gasteiger partial charge in [-0.05, 0) is 30.5 Å². The molecule has 7 heteroatoms. The molecule has 1 heterocycles. The topological polar surface area (TPSA) is 36.7 Å². The average Bonchev–Trinajstić information content (AvgIpc) is 3.21. The van der Waals surface area contributed by atoms with Gasteiger partial charge in [0, 0.05) is 10.8 Å². The van der Waals surface area contributed by atoms with E-state index in [1.807, 2.05) is 0 Å². The third-order valence-corrected chi connectivity index (χ3v) is 5.39. The molecule has 1 aliphatic carbocycles. The van der Waals surface area contributed by atoms with E-state index in [9.17, 15) is 13.2 Å². The lowest BCUT2D eigenvalue weighted by Gasteiger charge is -2.07. The Morgan fingerprint density at radius 2 is 1.95 bits per heavy atom. The molecule has 1 aromatic carbocycles. The molecule has 0 saturated heterocycles. The second kappa shape index (κ2) is 5.94. The van der Waals surface area contributed by atoms with Crippen LogP contribution in [-0.4, -0.2) is 11.2 Å². The van der Waals surface area contributed by atoms with Crippen LogP contribution >= 0.6 is 23.1 Å². The summed E-state index contributed by atoms with van der Waals surface area (Å²) in [5.41, 5.74) is 1.22. The van der Waals surface area contributed by atoms with E-state index in [2.05, 4.69) is 11.1 Å². The first kappa shape index (κ1) is 15.4. The van der Waals surface area contributed by atoms with Gasteiger partial charge in [-0.15, -0.1) is 0 Å². The molecule has 0 spiro atoms. The van der Waals surface area contributed by atoms with E-state index < -0.39 is 12.6 Å². The Bertz CT molecular complexity index is 710. The van der Waals surface area contributed by atoms with Crippen LogP contribution in [0.4, 0.5) is 13.2 Å². The molecule has 22 heavy (non-hydrogen) atoms. The second-order valence-electron chi connectivity index (χ2n) is 5.12. The van der Waals surface area contributed by atoms with Gasteiger partial charge in [0.25, 0.3) is 0 Å². The lowest BCUT2D eigenvalue weighted by molar-refractivity contribution is -0.127. The minimum atomic E-state index is -4.19. The molecule has 1 saturated carbocycles. The number of thiazole rings is 1. The zero-order valence-corrected chi connectivity index (χ0v) is 13.0. The zero-order chi connectivity index (χ0) is 15.7. The van der Waals surface area contributed by atoms with Crippen molar-refractivity contribution in [3.8, 4) is 6.07 Å². The third kappa shape index (κ3) is 3.81. The number of benzene rings is 1. The highest BCUT2D eigenvalue weighted by Crippen LogP contribution is 2.47. The van der Waals surface area contributed by atoms with E-state index in [0.29, 0.717) is 10.9 Å². The van der Waals surface area contributed by atoms with Crippen LogP contribution in [0.25, 0.3) is 0 Å². The van der Waals surface area contributed by atoms with Gasteiger partial charge >= 0.3 is 6.18 Å². The van der Waals surface area contributed by atoms with Crippen LogP contribution in [0.5, 0.6) is 0 Å². The maximum absolute atomic E-state index is 12.3. The predicted octanol–water partition coefficient (Wildman–Crippen LogP) is 5.15. The van der Waals surface area contributed by atoms with E-state index >= 15 is 0 Å². The van der Waals surface area contributed by atoms with E-state index in [1.54, 1.807) is 12.1 Å². The second-order valence-corrected chi connectivity index (χ2v) is 7.46. The molecular weight excluding hydrogens is 329 g/mol. The standard InChI is InChI=1S/C15H11F3N2S2/c16-15(17,18)7-9-1-5-11(6-2-9)21-14-13(10-3-4-10)20-12(8-19)22-14/h1-2,5-6,10H,3-4,7H2. The number of nitriles is 1. The van der Waals surface area contributed by atoms with Gasteiger partial charge in [0.1, 0.15) is 6.07 Å². The van der Waals surface area contributed by atoms with Gasteiger partial charge < -0.3 is 0 Å². The SMILES string of the molecule is N#Cc1nc(C2CC2)c(Sc2ccc(CC(F)(F)F)cc2)s1. The van der Waals surface area contributed by atoms with Crippen molar-refractivity contribution < 1.29 is 13.2 Å². The summed E-state index contributed by atoms with van der Waals surface area (Å²) in [7, 11) is 0. The fraction of sp³-hybridized carbons (Fsp3) is 0.333. The van der Waals surface area contributed by atoms with Gasteiger partial charge in [-0.3, -0.25) is 0 Å². The smallest absolute Gasteiger partial charge is 0.229 e. The van der Waals surface area contributed by atoms with Crippen LogP contribution < -0.4 is 0 Å². The summed E-state index contributed by atoms with van der Waals surface area (Å²) in [5.74, 6) is 0.436. The summed E-state index contributed by atoms with van der Waals surface area (Å²) >= 11 is 2.82. The molecular formula is C15H11F3N2S2. The van der Waals surface area contributed by atoms with Crippen LogP contribution in [0.2, 0.25) is 0 Å². The number of halogens is 3. The lowest BCUT2D eigenvalue weighted by Crippen LogP contribution is -2.11. The summed E-state index contributed by atoms with van der Waals surface area (Å²) in [5, 5.41) is 9.41. The highest BCUT2D eigenvalue weighted by Gasteiger charge is 2.30. The Labute approximate surface area is 134 Å². The normalized spacial score (nSPS) is 14.8. The van der Waals surface area contributed by atoms with Gasteiger partial charge in [0.2, 0.25) is 0 Å². The molecule has 3 rings (SSSR count). The van der Waals surface area contributed by atoms with Crippen LogP contribution in [0.15, 0.2) is 33.4 Å². The minimum absolute atomic E-state index is 0.251. The Morgan fingerprint density at radius 3 is 2.50 bits per heavy atom. The quantitative estimate of drug-likeness (QED) is 0.772. The first-order valence-electron chi connectivity index (χ1n) is 6.69. The maximum atomic E-state index is 12.3. The van der Waals surface area contributed by atoms with Gasteiger partial charge in [0.05, 0.1) is 16.3 Å². The zero-order valence-electron chi connectivity index (χ0n) is 11.4. The van der Waals surface area contributed by atoms with Crippen molar-refractivity contribution in [2.45, 2.75) is 40.5 Å². The molecule has 0 bridgehead atoms.